The zero-order valence-electron chi connectivity index (χ0n) is 7.83. The van der Waals surface area contributed by atoms with E-state index in [0.29, 0.717) is 18.1 Å². The lowest BCUT2D eigenvalue weighted by molar-refractivity contribution is -0.123. The monoisotopic (exact) mass is 180 g/mol. The molecule has 2 aliphatic carbocycles. The van der Waals surface area contributed by atoms with Gasteiger partial charge in [0.25, 0.3) is 0 Å². The Morgan fingerprint density at radius 2 is 2.23 bits per heavy atom. The van der Waals surface area contributed by atoms with Crippen molar-refractivity contribution in [3.8, 4) is 0 Å². The second-order valence-electron chi connectivity index (χ2n) is 4.15. The van der Waals surface area contributed by atoms with E-state index in [0.717, 1.165) is 24.8 Å². The van der Waals surface area contributed by atoms with Crippen molar-refractivity contribution in [2.45, 2.75) is 32.1 Å². The Kier molecular flexibility index (Phi) is 2.49. The molecule has 0 aromatic heterocycles. The Hall–Kier alpha value is -0.630. The van der Waals surface area contributed by atoms with Crippen molar-refractivity contribution in [2.75, 3.05) is 6.61 Å². The highest BCUT2D eigenvalue weighted by molar-refractivity contribution is 5.82. The molecule has 0 aliphatic heterocycles. The van der Waals surface area contributed by atoms with Gasteiger partial charge in [-0.25, -0.2) is 0 Å². The average Bonchev–Trinajstić information content (AvgIpc) is 2.54. The lowest BCUT2D eigenvalue weighted by Gasteiger charge is -2.11. The maximum Gasteiger partial charge on any atom is 0.136 e. The molecule has 72 valence electrons. The number of Topliss-reactive ketones (excluding diaryl/α,β-unsaturated/α-hetero) is 1. The Morgan fingerprint density at radius 1 is 1.38 bits per heavy atom. The van der Waals surface area contributed by atoms with E-state index in [2.05, 4.69) is 6.08 Å². The van der Waals surface area contributed by atoms with E-state index >= 15 is 0 Å². The smallest absolute Gasteiger partial charge is 0.136 e. The fourth-order valence-corrected chi connectivity index (χ4v) is 2.57. The van der Waals surface area contributed by atoms with Crippen LogP contribution in [0.25, 0.3) is 0 Å². The van der Waals surface area contributed by atoms with Gasteiger partial charge in [-0.3, -0.25) is 4.79 Å². The van der Waals surface area contributed by atoms with Gasteiger partial charge in [0, 0.05) is 12.3 Å². The number of aliphatic hydroxyl groups excluding tert-OH is 1. The molecule has 13 heavy (non-hydrogen) atoms. The van der Waals surface area contributed by atoms with Crippen molar-refractivity contribution in [1.29, 1.82) is 0 Å². The predicted octanol–water partition coefficient (Wildman–Crippen LogP) is 1.68. The van der Waals surface area contributed by atoms with Crippen molar-refractivity contribution >= 4 is 5.78 Å². The molecule has 0 bridgehead atoms. The highest BCUT2D eigenvalue weighted by atomic mass is 16.3. The molecule has 2 heteroatoms. The van der Waals surface area contributed by atoms with E-state index < -0.39 is 0 Å². The molecule has 0 saturated heterocycles. The van der Waals surface area contributed by atoms with Crippen LogP contribution in [-0.4, -0.2) is 17.5 Å². The van der Waals surface area contributed by atoms with Crippen LogP contribution in [0.1, 0.15) is 32.1 Å². The van der Waals surface area contributed by atoms with Crippen LogP contribution >= 0.6 is 0 Å². The first-order valence-electron chi connectivity index (χ1n) is 5.14. The molecule has 2 nitrogen and oxygen atoms in total. The van der Waals surface area contributed by atoms with E-state index in [1.54, 1.807) is 0 Å². The summed E-state index contributed by atoms with van der Waals surface area (Å²) in [7, 11) is 0. The molecular weight excluding hydrogens is 164 g/mol. The van der Waals surface area contributed by atoms with Crippen LogP contribution in [0, 0.1) is 11.8 Å². The lowest BCUT2D eigenvalue weighted by atomic mass is 9.92. The van der Waals surface area contributed by atoms with E-state index in [-0.39, 0.29) is 12.5 Å². The van der Waals surface area contributed by atoms with Gasteiger partial charge in [0.2, 0.25) is 0 Å². The van der Waals surface area contributed by atoms with E-state index in [1.165, 1.54) is 6.42 Å². The summed E-state index contributed by atoms with van der Waals surface area (Å²) in [6.45, 7) is 0.135. The van der Waals surface area contributed by atoms with Gasteiger partial charge in [-0.1, -0.05) is 12.5 Å². The molecule has 0 aromatic rings. The molecule has 1 fully saturated rings. The summed E-state index contributed by atoms with van der Waals surface area (Å²) < 4.78 is 0. The summed E-state index contributed by atoms with van der Waals surface area (Å²) in [5, 5.41) is 9.04. The Labute approximate surface area is 78.6 Å². The van der Waals surface area contributed by atoms with E-state index in [4.69, 9.17) is 5.11 Å². The van der Waals surface area contributed by atoms with Gasteiger partial charge in [-0.05, 0) is 30.8 Å². The molecular formula is C11H16O2. The first-order chi connectivity index (χ1) is 6.31. The maximum absolute atomic E-state index is 11.6. The minimum Gasteiger partial charge on any atom is -0.392 e. The summed E-state index contributed by atoms with van der Waals surface area (Å²) in [5.41, 5.74) is 1.07. The zero-order valence-corrected chi connectivity index (χ0v) is 7.83. The summed E-state index contributed by atoms with van der Waals surface area (Å²) in [4.78, 5) is 11.6. The van der Waals surface area contributed by atoms with Gasteiger partial charge in [0.05, 0.1) is 6.61 Å². The third-order valence-corrected chi connectivity index (χ3v) is 3.33. The minimum absolute atomic E-state index is 0.135. The first kappa shape index (κ1) is 8.95. The molecule has 2 rings (SSSR count). The molecule has 1 N–H and O–H groups in total. The van der Waals surface area contributed by atoms with Crippen LogP contribution in [0.2, 0.25) is 0 Å². The topological polar surface area (TPSA) is 37.3 Å². The number of ketones is 1. The molecule has 0 aromatic carbocycles. The van der Waals surface area contributed by atoms with Crippen molar-refractivity contribution in [1.82, 2.24) is 0 Å². The minimum atomic E-state index is 0.135. The number of allylic oxidation sites excluding steroid dienone is 1. The highest BCUT2D eigenvalue weighted by Gasteiger charge is 2.32. The quantitative estimate of drug-likeness (QED) is 0.623. The van der Waals surface area contributed by atoms with Crippen LogP contribution in [0.5, 0.6) is 0 Å². The molecule has 0 amide bonds. The molecule has 2 atom stereocenters. The number of carbonyl (C=O) groups is 1. The number of aliphatic hydroxyl groups is 1. The number of rotatable bonds is 1. The largest absolute Gasteiger partial charge is 0.392 e. The van der Waals surface area contributed by atoms with Crippen LogP contribution in [-0.2, 0) is 4.79 Å². The summed E-state index contributed by atoms with van der Waals surface area (Å²) in [5.74, 6) is 1.14. The lowest BCUT2D eigenvalue weighted by Crippen LogP contribution is -2.15. The Balaban J connectivity index is 2.19. The second kappa shape index (κ2) is 3.62. The Morgan fingerprint density at radius 3 is 3.00 bits per heavy atom. The SMILES string of the molecule is O=C1CCC(CO)=CC2CCCC12. The maximum atomic E-state index is 11.6. The molecule has 0 spiro atoms. The predicted molar refractivity (Wildman–Crippen MR) is 50.2 cm³/mol. The van der Waals surface area contributed by atoms with Crippen molar-refractivity contribution in [2.24, 2.45) is 11.8 Å². The number of fused-ring (bicyclic) bond motifs is 1. The van der Waals surface area contributed by atoms with Crippen molar-refractivity contribution < 1.29 is 9.90 Å². The third-order valence-electron chi connectivity index (χ3n) is 3.33. The summed E-state index contributed by atoms with van der Waals surface area (Å²) >= 11 is 0. The molecule has 1 saturated carbocycles. The van der Waals surface area contributed by atoms with E-state index in [1.807, 2.05) is 0 Å². The fraction of sp³-hybridized carbons (Fsp3) is 0.727. The summed E-state index contributed by atoms with van der Waals surface area (Å²) in [6.07, 6.45) is 6.97. The number of hydrogen-bond donors (Lipinski definition) is 1. The van der Waals surface area contributed by atoms with Crippen LogP contribution in [0.3, 0.4) is 0 Å². The molecule has 0 radical (unpaired) electrons. The van der Waals surface area contributed by atoms with Crippen LogP contribution < -0.4 is 0 Å². The van der Waals surface area contributed by atoms with Crippen LogP contribution in [0.15, 0.2) is 11.6 Å². The van der Waals surface area contributed by atoms with Gasteiger partial charge in [0.15, 0.2) is 0 Å². The zero-order chi connectivity index (χ0) is 9.26. The number of carbonyl (C=O) groups excluding carboxylic acids is 1. The molecule has 0 heterocycles. The first-order valence-corrected chi connectivity index (χ1v) is 5.14. The standard InChI is InChI=1S/C11H16O2/c12-7-8-4-5-11(13)10-3-1-2-9(10)6-8/h6,9-10,12H,1-5,7H2. The van der Waals surface area contributed by atoms with Crippen molar-refractivity contribution in [3.05, 3.63) is 11.6 Å². The van der Waals surface area contributed by atoms with Gasteiger partial charge in [-0.15, -0.1) is 0 Å². The average molecular weight is 180 g/mol. The summed E-state index contributed by atoms with van der Waals surface area (Å²) in [6, 6.07) is 0. The normalized spacial score (nSPS) is 33.9. The van der Waals surface area contributed by atoms with Gasteiger partial charge >= 0.3 is 0 Å². The molecule has 2 unspecified atom stereocenters. The van der Waals surface area contributed by atoms with E-state index in [9.17, 15) is 4.79 Å². The van der Waals surface area contributed by atoms with Gasteiger partial charge in [0.1, 0.15) is 5.78 Å². The van der Waals surface area contributed by atoms with Crippen LogP contribution in [0.4, 0.5) is 0 Å². The second-order valence-corrected chi connectivity index (χ2v) is 4.15. The van der Waals surface area contributed by atoms with Crippen molar-refractivity contribution in [3.63, 3.8) is 0 Å². The highest BCUT2D eigenvalue weighted by Crippen LogP contribution is 2.37. The van der Waals surface area contributed by atoms with Gasteiger partial charge < -0.3 is 5.11 Å². The third kappa shape index (κ3) is 1.68. The molecule has 2 aliphatic rings. The fourth-order valence-electron chi connectivity index (χ4n) is 2.57. The van der Waals surface area contributed by atoms with Gasteiger partial charge in [-0.2, -0.15) is 0 Å². The number of hydrogen-bond acceptors (Lipinski definition) is 2. The Bertz CT molecular complexity index is 242.